The van der Waals surface area contributed by atoms with Gasteiger partial charge in [-0.2, -0.15) is 0 Å². The van der Waals surface area contributed by atoms with Crippen molar-refractivity contribution >= 4 is 17.4 Å². The van der Waals surface area contributed by atoms with Crippen molar-refractivity contribution in [2.24, 2.45) is 0 Å². The first-order valence-electron chi connectivity index (χ1n) is 6.68. The number of benzene rings is 1. The molecular weight excluding hydrogens is 244 g/mol. The Labute approximate surface area is 114 Å². The average molecular weight is 263 g/mol. The molecular formula is C16H19ClO. The van der Waals surface area contributed by atoms with Gasteiger partial charge in [-0.15, -0.1) is 0 Å². The molecule has 0 saturated heterocycles. The predicted molar refractivity (Wildman–Crippen MR) is 76.3 cm³/mol. The van der Waals surface area contributed by atoms with Crippen molar-refractivity contribution in [3.63, 3.8) is 0 Å². The van der Waals surface area contributed by atoms with Crippen LogP contribution in [0.5, 0.6) is 0 Å². The maximum Gasteiger partial charge on any atom is 0.188 e. The molecule has 1 aliphatic carbocycles. The highest BCUT2D eigenvalue weighted by Gasteiger charge is 2.15. The molecule has 1 aliphatic rings. The molecule has 0 spiro atoms. The van der Waals surface area contributed by atoms with Gasteiger partial charge in [0, 0.05) is 10.6 Å². The lowest BCUT2D eigenvalue weighted by atomic mass is 9.92. The van der Waals surface area contributed by atoms with Gasteiger partial charge < -0.3 is 0 Å². The molecule has 0 N–H and O–H groups in total. The first kappa shape index (κ1) is 13.4. The molecule has 18 heavy (non-hydrogen) atoms. The summed E-state index contributed by atoms with van der Waals surface area (Å²) >= 11 is 5.93. The van der Waals surface area contributed by atoms with E-state index in [1.54, 1.807) is 6.07 Å². The van der Waals surface area contributed by atoms with E-state index in [4.69, 9.17) is 11.6 Å². The van der Waals surface area contributed by atoms with Crippen LogP contribution in [0.3, 0.4) is 0 Å². The average Bonchev–Trinajstić information content (AvgIpc) is 2.27. The Morgan fingerprint density at radius 3 is 2.72 bits per heavy atom. The number of halogens is 1. The van der Waals surface area contributed by atoms with Crippen LogP contribution in [0.25, 0.3) is 0 Å². The Kier molecular flexibility index (Phi) is 4.60. The Morgan fingerprint density at radius 1 is 1.17 bits per heavy atom. The molecule has 0 bridgehead atoms. The lowest BCUT2D eigenvalue weighted by Gasteiger charge is -2.12. The van der Waals surface area contributed by atoms with E-state index in [2.05, 4.69) is 6.08 Å². The Bertz CT molecular complexity index is 474. The zero-order valence-corrected chi connectivity index (χ0v) is 11.6. The van der Waals surface area contributed by atoms with Gasteiger partial charge in [0.1, 0.15) is 0 Å². The molecule has 2 heteroatoms. The minimum Gasteiger partial charge on any atom is -0.289 e. The van der Waals surface area contributed by atoms with Gasteiger partial charge in [-0.1, -0.05) is 30.5 Å². The van der Waals surface area contributed by atoms with Gasteiger partial charge in [0.25, 0.3) is 0 Å². The molecule has 0 unspecified atom stereocenters. The Morgan fingerprint density at radius 2 is 1.94 bits per heavy atom. The highest BCUT2D eigenvalue weighted by molar-refractivity contribution is 6.30. The van der Waals surface area contributed by atoms with Crippen molar-refractivity contribution in [2.75, 3.05) is 0 Å². The van der Waals surface area contributed by atoms with Crippen molar-refractivity contribution in [3.8, 4) is 0 Å². The van der Waals surface area contributed by atoms with Gasteiger partial charge in [0.05, 0.1) is 0 Å². The number of ketones is 1. The molecule has 96 valence electrons. The second-order valence-corrected chi connectivity index (χ2v) is 5.41. The first-order valence-corrected chi connectivity index (χ1v) is 7.06. The molecule has 0 aliphatic heterocycles. The summed E-state index contributed by atoms with van der Waals surface area (Å²) in [4.78, 5) is 12.5. The quantitative estimate of drug-likeness (QED) is 0.677. The minimum absolute atomic E-state index is 0.186. The van der Waals surface area contributed by atoms with Crippen LogP contribution in [0.4, 0.5) is 0 Å². The fourth-order valence-corrected chi connectivity index (χ4v) is 2.68. The molecule has 1 aromatic carbocycles. The summed E-state index contributed by atoms with van der Waals surface area (Å²) < 4.78 is 0. The van der Waals surface area contributed by atoms with Crippen molar-refractivity contribution in [2.45, 2.75) is 45.4 Å². The van der Waals surface area contributed by atoms with Gasteiger partial charge in [-0.05, 0) is 61.9 Å². The molecule has 0 heterocycles. The normalized spacial score (nSPS) is 19.6. The summed E-state index contributed by atoms with van der Waals surface area (Å²) in [5.74, 6) is 0.186. The van der Waals surface area contributed by atoms with Crippen LogP contribution in [-0.2, 0) is 0 Å². The summed E-state index contributed by atoms with van der Waals surface area (Å²) in [6, 6.07) is 5.50. The Hall–Kier alpha value is -1.08. The standard InChI is InChI=1S/C16H19ClO/c1-12-11-14(17)9-10-15(12)16(18)13-7-5-3-2-4-6-8-13/h7,9-11H,2-6,8H2,1H3/b13-7+. The third kappa shape index (κ3) is 3.23. The smallest absolute Gasteiger partial charge is 0.188 e. The third-order valence-corrected chi connectivity index (χ3v) is 3.75. The number of Topliss-reactive ketones (excluding diaryl/α,β-unsaturated/α-hetero) is 1. The third-order valence-electron chi connectivity index (χ3n) is 3.52. The zero-order chi connectivity index (χ0) is 13.0. The van der Waals surface area contributed by atoms with Crippen LogP contribution < -0.4 is 0 Å². The molecule has 0 fully saturated rings. The van der Waals surface area contributed by atoms with Crippen LogP contribution in [-0.4, -0.2) is 5.78 Å². The zero-order valence-electron chi connectivity index (χ0n) is 10.8. The molecule has 1 aromatic rings. The van der Waals surface area contributed by atoms with Crippen LogP contribution >= 0.6 is 11.6 Å². The molecule has 2 rings (SSSR count). The molecule has 0 amide bonds. The summed E-state index contributed by atoms with van der Waals surface area (Å²) in [7, 11) is 0. The van der Waals surface area contributed by atoms with E-state index in [1.165, 1.54) is 19.3 Å². The summed E-state index contributed by atoms with van der Waals surface area (Å²) in [5, 5.41) is 0.690. The topological polar surface area (TPSA) is 17.1 Å². The van der Waals surface area contributed by atoms with Gasteiger partial charge in [-0.25, -0.2) is 0 Å². The molecule has 0 atom stereocenters. The van der Waals surface area contributed by atoms with Crippen molar-refractivity contribution in [1.29, 1.82) is 0 Å². The molecule has 0 aromatic heterocycles. The van der Waals surface area contributed by atoms with Gasteiger partial charge in [0.2, 0.25) is 0 Å². The number of aryl methyl sites for hydroxylation is 1. The number of hydrogen-bond acceptors (Lipinski definition) is 1. The van der Waals surface area contributed by atoms with E-state index < -0.39 is 0 Å². The monoisotopic (exact) mass is 262 g/mol. The fourth-order valence-electron chi connectivity index (χ4n) is 2.45. The van der Waals surface area contributed by atoms with E-state index in [1.807, 2.05) is 19.1 Å². The number of carbonyl (C=O) groups excluding carboxylic acids is 1. The van der Waals surface area contributed by atoms with Gasteiger partial charge >= 0.3 is 0 Å². The van der Waals surface area contributed by atoms with Crippen molar-refractivity contribution < 1.29 is 4.79 Å². The largest absolute Gasteiger partial charge is 0.289 e. The lowest BCUT2D eigenvalue weighted by Crippen LogP contribution is -2.07. The van der Waals surface area contributed by atoms with E-state index >= 15 is 0 Å². The Balaban J connectivity index is 2.23. The number of rotatable bonds is 2. The number of allylic oxidation sites excluding steroid dienone is 2. The lowest BCUT2D eigenvalue weighted by molar-refractivity contribution is 0.102. The fraction of sp³-hybridized carbons (Fsp3) is 0.438. The van der Waals surface area contributed by atoms with Gasteiger partial charge in [0.15, 0.2) is 5.78 Å². The van der Waals surface area contributed by atoms with Crippen LogP contribution in [0, 0.1) is 6.92 Å². The second-order valence-electron chi connectivity index (χ2n) is 4.97. The van der Waals surface area contributed by atoms with E-state index in [0.29, 0.717) is 5.02 Å². The summed E-state index contributed by atoms with van der Waals surface area (Å²) in [6.45, 7) is 1.95. The SMILES string of the molecule is Cc1cc(Cl)ccc1C(=O)/C1=C/CCCCCC1. The van der Waals surface area contributed by atoms with Crippen LogP contribution in [0.15, 0.2) is 29.8 Å². The number of hydrogen-bond donors (Lipinski definition) is 0. The van der Waals surface area contributed by atoms with Crippen molar-refractivity contribution in [3.05, 3.63) is 46.0 Å². The molecule has 0 saturated carbocycles. The van der Waals surface area contributed by atoms with Crippen molar-refractivity contribution in [1.82, 2.24) is 0 Å². The van der Waals surface area contributed by atoms with E-state index in [-0.39, 0.29) is 5.78 Å². The maximum absolute atomic E-state index is 12.5. The highest BCUT2D eigenvalue weighted by atomic mass is 35.5. The summed E-state index contributed by atoms with van der Waals surface area (Å²) in [5.41, 5.74) is 2.75. The summed E-state index contributed by atoms with van der Waals surface area (Å²) in [6.07, 6.45) is 8.95. The first-order chi connectivity index (χ1) is 8.68. The maximum atomic E-state index is 12.5. The van der Waals surface area contributed by atoms with Crippen LogP contribution in [0.2, 0.25) is 5.02 Å². The predicted octanol–water partition coefficient (Wildman–Crippen LogP) is 5.11. The highest BCUT2D eigenvalue weighted by Crippen LogP contribution is 2.23. The molecule has 1 nitrogen and oxygen atoms in total. The second kappa shape index (κ2) is 6.19. The van der Waals surface area contributed by atoms with Gasteiger partial charge in [-0.3, -0.25) is 4.79 Å². The number of carbonyl (C=O) groups is 1. The van der Waals surface area contributed by atoms with E-state index in [9.17, 15) is 4.79 Å². The van der Waals surface area contributed by atoms with Crippen LogP contribution in [0.1, 0.15) is 54.4 Å². The molecule has 0 radical (unpaired) electrons. The van der Waals surface area contributed by atoms with E-state index in [0.717, 1.165) is 36.0 Å². The minimum atomic E-state index is 0.186.